The van der Waals surface area contributed by atoms with Gasteiger partial charge in [-0.25, -0.2) is 0 Å². The zero-order valence-corrected chi connectivity index (χ0v) is 54.7. The molecule has 85 heavy (non-hydrogen) atoms. The summed E-state index contributed by atoms with van der Waals surface area (Å²) in [6.45, 7) is 5.65. The molecule has 1 rings (SSSR count). The molecule has 8 unspecified atom stereocenters. The number of amides is 1. The van der Waals surface area contributed by atoms with E-state index in [1.165, 1.54) is 199 Å². The molecule has 0 saturated carbocycles. The van der Waals surface area contributed by atoms with E-state index in [1.807, 2.05) is 72.9 Å². The lowest BCUT2D eigenvalue weighted by atomic mass is 9.99. The van der Waals surface area contributed by atoms with Crippen LogP contribution in [0.2, 0.25) is 0 Å². The molecule has 6 N–H and O–H groups in total. The summed E-state index contributed by atoms with van der Waals surface area (Å²) >= 11 is 0. The van der Waals surface area contributed by atoms with Crippen molar-refractivity contribution in [1.29, 1.82) is 0 Å². The predicted molar refractivity (Wildman–Crippen MR) is 356 cm³/mol. The summed E-state index contributed by atoms with van der Waals surface area (Å²) in [6.07, 6.45) is 70.7. The predicted octanol–water partition coefficient (Wildman–Crippen LogP) is 18.1. The van der Waals surface area contributed by atoms with E-state index in [2.05, 4.69) is 32.2 Å². The maximum absolute atomic E-state index is 13.4. The van der Waals surface area contributed by atoms with Crippen LogP contribution in [0.4, 0.5) is 0 Å². The molecule has 1 aliphatic rings. The molecular weight excluding hydrogens is 1060 g/mol. The zero-order valence-electron chi connectivity index (χ0n) is 54.7. The number of ether oxygens (including phenoxy) is 3. The second-order valence-electron chi connectivity index (χ2n) is 24.4. The van der Waals surface area contributed by atoms with Crippen molar-refractivity contribution in [2.24, 2.45) is 0 Å². The van der Waals surface area contributed by atoms with Crippen LogP contribution in [0.1, 0.15) is 310 Å². The van der Waals surface area contributed by atoms with Crippen LogP contribution in [0.3, 0.4) is 0 Å². The Hall–Kier alpha value is -3.16. The largest absolute Gasteiger partial charge is 0.454 e. The normalized spacial score (nSPS) is 18.9. The van der Waals surface area contributed by atoms with Crippen molar-refractivity contribution >= 4 is 11.9 Å². The van der Waals surface area contributed by atoms with E-state index in [0.29, 0.717) is 12.8 Å². The molecule has 0 aromatic heterocycles. The van der Waals surface area contributed by atoms with E-state index in [4.69, 9.17) is 14.2 Å². The van der Waals surface area contributed by atoms with Crippen LogP contribution in [0.15, 0.2) is 85.1 Å². The fraction of sp³-hybridized carbons (Fsp3) is 0.784. The highest BCUT2D eigenvalue weighted by Gasteiger charge is 2.47. The van der Waals surface area contributed by atoms with Gasteiger partial charge in [-0.05, 0) is 44.9 Å². The van der Waals surface area contributed by atoms with E-state index in [0.717, 1.165) is 64.2 Å². The van der Waals surface area contributed by atoms with E-state index in [1.54, 1.807) is 6.08 Å². The van der Waals surface area contributed by atoms with Gasteiger partial charge in [0.1, 0.15) is 24.4 Å². The number of unbranched alkanes of at least 4 members (excludes halogenated alkanes) is 39. The van der Waals surface area contributed by atoms with Gasteiger partial charge in [0.15, 0.2) is 12.4 Å². The third-order valence-electron chi connectivity index (χ3n) is 16.5. The van der Waals surface area contributed by atoms with Crippen LogP contribution in [0.25, 0.3) is 0 Å². The Balaban J connectivity index is 2.57. The van der Waals surface area contributed by atoms with Gasteiger partial charge in [-0.3, -0.25) is 9.59 Å². The fourth-order valence-corrected chi connectivity index (χ4v) is 10.9. The van der Waals surface area contributed by atoms with Crippen LogP contribution < -0.4 is 5.32 Å². The third kappa shape index (κ3) is 48.4. The summed E-state index contributed by atoms with van der Waals surface area (Å²) in [5, 5.41) is 57.1. The van der Waals surface area contributed by atoms with E-state index in [-0.39, 0.29) is 19.4 Å². The molecule has 0 bridgehead atoms. The second kappa shape index (κ2) is 61.1. The number of rotatable bonds is 60. The molecule has 1 fully saturated rings. The minimum absolute atomic E-state index is 0.118. The van der Waals surface area contributed by atoms with Crippen molar-refractivity contribution < 1.29 is 49.3 Å². The summed E-state index contributed by atoms with van der Waals surface area (Å²) in [4.78, 5) is 26.6. The number of nitrogens with one attached hydrogen (secondary N) is 1. The lowest BCUT2D eigenvalue weighted by molar-refractivity contribution is -0.305. The van der Waals surface area contributed by atoms with Crippen molar-refractivity contribution in [2.45, 2.75) is 359 Å². The Labute approximate surface area is 521 Å². The van der Waals surface area contributed by atoms with Gasteiger partial charge in [0.25, 0.3) is 0 Å². The summed E-state index contributed by atoms with van der Waals surface area (Å²) in [7, 11) is 0. The maximum Gasteiger partial charge on any atom is 0.306 e. The molecule has 0 radical (unpaired) electrons. The lowest BCUT2D eigenvalue weighted by Gasteiger charge is -2.41. The van der Waals surface area contributed by atoms with Crippen molar-refractivity contribution in [1.82, 2.24) is 5.32 Å². The van der Waals surface area contributed by atoms with Crippen LogP contribution in [0, 0.1) is 0 Å². The number of carbonyl (C=O) groups excluding carboxylic acids is 2. The van der Waals surface area contributed by atoms with Gasteiger partial charge in [-0.1, -0.05) is 343 Å². The Bertz CT molecular complexity index is 1710. The quantitative estimate of drug-likeness (QED) is 0.0149. The number of hydrogen-bond acceptors (Lipinski definition) is 10. The molecule has 492 valence electrons. The Morgan fingerprint density at radius 1 is 0.471 bits per heavy atom. The molecule has 1 aliphatic heterocycles. The second-order valence-corrected chi connectivity index (χ2v) is 24.4. The van der Waals surface area contributed by atoms with Gasteiger partial charge < -0.3 is 45.1 Å². The highest BCUT2D eigenvalue weighted by atomic mass is 16.7. The average molecular weight is 1190 g/mol. The lowest BCUT2D eigenvalue weighted by Crippen LogP contribution is -2.61. The Morgan fingerprint density at radius 2 is 0.847 bits per heavy atom. The summed E-state index contributed by atoms with van der Waals surface area (Å²) in [5.74, 6) is -1.23. The smallest absolute Gasteiger partial charge is 0.306 e. The van der Waals surface area contributed by atoms with Crippen molar-refractivity contribution in [3.05, 3.63) is 85.1 Å². The molecular formula is C74H131NO10. The summed E-state index contributed by atoms with van der Waals surface area (Å²) < 4.78 is 17.7. The fourth-order valence-electron chi connectivity index (χ4n) is 10.9. The van der Waals surface area contributed by atoms with Crippen LogP contribution >= 0.6 is 0 Å². The molecule has 0 aromatic rings. The molecule has 1 saturated heterocycles. The number of carbonyl (C=O) groups is 2. The van der Waals surface area contributed by atoms with Gasteiger partial charge in [-0.15, -0.1) is 0 Å². The minimum Gasteiger partial charge on any atom is -0.454 e. The summed E-state index contributed by atoms with van der Waals surface area (Å²) in [5.41, 5.74) is 0. The molecule has 11 nitrogen and oxygen atoms in total. The zero-order chi connectivity index (χ0) is 61.7. The molecule has 8 atom stereocenters. The van der Waals surface area contributed by atoms with Crippen molar-refractivity contribution in [3.8, 4) is 0 Å². The number of aliphatic hydroxyl groups is 5. The van der Waals surface area contributed by atoms with Crippen molar-refractivity contribution in [3.63, 3.8) is 0 Å². The standard InChI is InChI=1S/C74H131NO10/c1-4-7-10-13-16-19-22-25-27-29-30-31-32-33-34-35-36-37-38-39-41-44-47-50-53-56-59-62-69(79)85-72-71(81)70(80)68(63-76)84-74(72)83-64-65(66(77)60-57-54-51-48-45-42-24-21-18-15-12-9-6-3)75-73(82)67(78)61-58-55-52-49-46-43-40-28-26-23-20-17-14-11-8-5-2/h8,11,14,17,20,23,26,28,40,43,46,49,57,60,65-68,70-72,74,76-78,80-81H,4-7,9-10,12-13,15-16,18-19,21-22,24-25,27,29-39,41-42,44-45,47-48,50-56,58-59,61-64H2,1-3H3,(H,75,82)/b11-8-,17-14+,23-20+,28-26-,43-40+,49-46+,60-57+. The molecule has 0 aromatic carbocycles. The van der Waals surface area contributed by atoms with Gasteiger partial charge in [-0.2, -0.15) is 0 Å². The Morgan fingerprint density at radius 3 is 1.27 bits per heavy atom. The number of allylic oxidation sites excluding steroid dienone is 13. The molecule has 11 heteroatoms. The van der Waals surface area contributed by atoms with Crippen molar-refractivity contribution in [2.75, 3.05) is 13.2 Å². The first-order valence-corrected chi connectivity index (χ1v) is 35.4. The SMILES string of the molecule is CC\C=C/C=C/C=C/C=C\C=C\C=C\CCCCC(O)C(=O)NC(COC1OC(CO)C(O)C(O)C1OC(=O)CCCCCCCCCCCCCCCCCCCCCCCCCCCCC)C(O)/C=C/CCCCCCCCCCCCC. The highest BCUT2D eigenvalue weighted by molar-refractivity contribution is 5.80. The van der Waals surface area contributed by atoms with E-state index >= 15 is 0 Å². The maximum atomic E-state index is 13.4. The minimum atomic E-state index is -1.62. The first-order chi connectivity index (χ1) is 41.7. The van der Waals surface area contributed by atoms with E-state index < -0.39 is 67.4 Å². The average Bonchev–Trinajstić information content (AvgIpc) is 3.13. The topological polar surface area (TPSA) is 175 Å². The van der Waals surface area contributed by atoms with Crippen LogP contribution in [-0.4, -0.2) is 99.6 Å². The molecule has 1 heterocycles. The highest BCUT2D eigenvalue weighted by Crippen LogP contribution is 2.26. The third-order valence-corrected chi connectivity index (χ3v) is 16.5. The molecule has 1 amide bonds. The number of esters is 1. The van der Waals surface area contributed by atoms with Gasteiger partial charge in [0.2, 0.25) is 5.91 Å². The van der Waals surface area contributed by atoms with E-state index in [9.17, 15) is 35.1 Å². The molecule has 0 spiro atoms. The monoisotopic (exact) mass is 1190 g/mol. The van der Waals surface area contributed by atoms with Gasteiger partial charge >= 0.3 is 5.97 Å². The Kier molecular flexibility index (Phi) is 57.4. The van der Waals surface area contributed by atoms with Crippen LogP contribution in [-0.2, 0) is 23.8 Å². The van der Waals surface area contributed by atoms with Crippen LogP contribution in [0.5, 0.6) is 0 Å². The molecule has 0 aliphatic carbocycles. The van der Waals surface area contributed by atoms with Gasteiger partial charge in [0, 0.05) is 6.42 Å². The first-order valence-electron chi connectivity index (χ1n) is 35.4. The summed E-state index contributed by atoms with van der Waals surface area (Å²) in [6, 6.07) is -1.05. The number of aliphatic hydroxyl groups excluding tert-OH is 5. The number of hydrogen-bond donors (Lipinski definition) is 6. The van der Waals surface area contributed by atoms with Gasteiger partial charge in [0.05, 0.1) is 25.4 Å². The first kappa shape index (κ1) is 79.9.